The fraction of sp³-hybridized carbons (Fsp3) is 0.318. The highest BCUT2D eigenvalue weighted by atomic mass is 16.5. The first-order valence-corrected chi connectivity index (χ1v) is 9.58. The average molecular weight is 394 g/mol. The summed E-state index contributed by atoms with van der Waals surface area (Å²) in [6, 6.07) is 13.0. The Hall–Kier alpha value is -3.35. The number of nitrogens with zero attached hydrogens (tertiary/aromatic N) is 4. The molecule has 29 heavy (non-hydrogen) atoms. The Morgan fingerprint density at radius 3 is 2.34 bits per heavy atom. The summed E-state index contributed by atoms with van der Waals surface area (Å²) >= 11 is 0. The Kier molecular flexibility index (Phi) is 6.16. The molecule has 0 N–H and O–H groups in total. The first-order chi connectivity index (χ1) is 14.0. The summed E-state index contributed by atoms with van der Waals surface area (Å²) in [5.41, 5.74) is 2.55. The zero-order valence-electron chi connectivity index (χ0n) is 17.5. The van der Waals surface area contributed by atoms with Crippen LogP contribution in [0.3, 0.4) is 0 Å². The number of methoxy groups -OCH3 is 2. The predicted octanol–water partition coefficient (Wildman–Crippen LogP) is 4.25. The lowest BCUT2D eigenvalue weighted by Gasteiger charge is -2.19. The first kappa shape index (κ1) is 20.4. The number of amides is 1. The van der Waals surface area contributed by atoms with Gasteiger partial charge in [0.15, 0.2) is 11.6 Å². The molecule has 0 bridgehead atoms. The molecule has 2 aromatic carbocycles. The summed E-state index contributed by atoms with van der Waals surface area (Å²) < 4.78 is 12.0. The molecule has 0 aliphatic carbocycles. The van der Waals surface area contributed by atoms with E-state index in [1.54, 1.807) is 19.1 Å². The summed E-state index contributed by atoms with van der Waals surface area (Å²) in [6.45, 7) is 7.03. The molecule has 0 fully saturated rings. The Morgan fingerprint density at radius 1 is 1.03 bits per heavy atom. The van der Waals surface area contributed by atoms with E-state index in [1.165, 1.54) is 4.68 Å². The van der Waals surface area contributed by atoms with Crippen LogP contribution in [0.4, 0.5) is 4.79 Å². The number of hydrogen-bond donors (Lipinski definition) is 0. The molecule has 0 saturated carbocycles. The van der Waals surface area contributed by atoms with E-state index in [-0.39, 0.29) is 6.03 Å². The fourth-order valence-electron chi connectivity index (χ4n) is 3.15. The van der Waals surface area contributed by atoms with Crippen LogP contribution in [0.25, 0.3) is 22.8 Å². The van der Waals surface area contributed by atoms with Crippen molar-refractivity contribution in [2.24, 2.45) is 0 Å². The van der Waals surface area contributed by atoms with Crippen molar-refractivity contribution in [3.05, 3.63) is 48.0 Å². The molecule has 0 saturated heterocycles. The Morgan fingerprint density at radius 2 is 1.72 bits per heavy atom. The smallest absolute Gasteiger partial charge is 0.346 e. The third kappa shape index (κ3) is 4.08. The second-order valence-corrected chi connectivity index (χ2v) is 6.54. The second-order valence-electron chi connectivity index (χ2n) is 6.54. The van der Waals surface area contributed by atoms with E-state index >= 15 is 0 Å². The van der Waals surface area contributed by atoms with Gasteiger partial charge in [0.25, 0.3) is 0 Å². The highest BCUT2D eigenvalue weighted by Crippen LogP contribution is 2.29. The lowest BCUT2D eigenvalue weighted by molar-refractivity contribution is 0.202. The lowest BCUT2D eigenvalue weighted by atomic mass is 10.1. The van der Waals surface area contributed by atoms with E-state index in [2.05, 4.69) is 5.10 Å². The van der Waals surface area contributed by atoms with Gasteiger partial charge in [-0.15, -0.1) is 5.10 Å². The zero-order chi connectivity index (χ0) is 21.0. The van der Waals surface area contributed by atoms with E-state index in [0.717, 1.165) is 22.4 Å². The number of rotatable bonds is 6. The van der Waals surface area contributed by atoms with Crippen molar-refractivity contribution in [2.75, 3.05) is 27.3 Å². The first-order valence-electron chi connectivity index (χ1n) is 9.58. The third-order valence-electron chi connectivity index (χ3n) is 4.82. The molecule has 0 aliphatic rings. The number of ether oxygens (including phenoxy) is 2. The maximum Gasteiger partial charge on any atom is 0.346 e. The Bertz CT molecular complexity index is 1010. The molecule has 0 aliphatic heterocycles. The maximum absolute atomic E-state index is 13.1. The number of benzene rings is 2. The third-order valence-corrected chi connectivity index (χ3v) is 4.82. The van der Waals surface area contributed by atoms with Gasteiger partial charge < -0.3 is 14.4 Å². The van der Waals surface area contributed by atoms with Crippen LogP contribution in [0.15, 0.2) is 42.5 Å². The van der Waals surface area contributed by atoms with Crippen LogP contribution in [0.5, 0.6) is 11.5 Å². The Labute approximate surface area is 170 Å². The van der Waals surface area contributed by atoms with Gasteiger partial charge >= 0.3 is 6.03 Å². The topological polar surface area (TPSA) is 69.5 Å². The largest absolute Gasteiger partial charge is 0.497 e. The molecule has 1 aromatic heterocycles. The van der Waals surface area contributed by atoms with E-state index < -0.39 is 0 Å². The minimum Gasteiger partial charge on any atom is -0.497 e. The number of carbonyl (C=O) groups excluding carboxylic acids is 1. The number of hydrogen-bond acceptors (Lipinski definition) is 5. The van der Waals surface area contributed by atoms with Crippen molar-refractivity contribution in [1.29, 1.82) is 0 Å². The van der Waals surface area contributed by atoms with Crippen molar-refractivity contribution < 1.29 is 14.3 Å². The van der Waals surface area contributed by atoms with Crippen LogP contribution in [0.2, 0.25) is 0 Å². The SMILES string of the molecule is CCN(CC)C(=O)n1nc(-c2cccc(OC)c2)nc1-c1ccc(OC)cc1C. The van der Waals surface area contributed by atoms with Gasteiger partial charge in [-0.3, -0.25) is 0 Å². The summed E-state index contributed by atoms with van der Waals surface area (Å²) in [6.07, 6.45) is 0. The van der Waals surface area contributed by atoms with Crippen molar-refractivity contribution in [3.8, 4) is 34.3 Å². The van der Waals surface area contributed by atoms with Gasteiger partial charge in [-0.1, -0.05) is 12.1 Å². The highest BCUT2D eigenvalue weighted by Gasteiger charge is 2.23. The fourth-order valence-corrected chi connectivity index (χ4v) is 3.15. The molecule has 0 radical (unpaired) electrons. The molecule has 0 spiro atoms. The molecule has 1 heterocycles. The van der Waals surface area contributed by atoms with E-state index in [1.807, 2.05) is 63.2 Å². The van der Waals surface area contributed by atoms with Crippen LogP contribution in [-0.4, -0.2) is 53.0 Å². The molecule has 7 nitrogen and oxygen atoms in total. The van der Waals surface area contributed by atoms with E-state index in [4.69, 9.17) is 14.5 Å². The van der Waals surface area contributed by atoms with Crippen LogP contribution < -0.4 is 9.47 Å². The molecule has 152 valence electrons. The number of aromatic nitrogens is 3. The van der Waals surface area contributed by atoms with Gasteiger partial charge in [0, 0.05) is 24.2 Å². The summed E-state index contributed by atoms with van der Waals surface area (Å²) in [4.78, 5) is 19.6. The maximum atomic E-state index is 13.1. The molecule has 3 aromatic rings. The van der Waals surface area contributed by atoms with Gasteiger partial charge in [0.1, 0.15) is 11.5 Å². The summed E-state index contributed by atoms with van der Waals surface area (Å²) in [5.74, 6) is 2.42. The van der Waals surface area contributed by atoms with Crippen molar-refractivity contribution in [1.82, 2.24) is 19.7 Å². The average Bonchev–Trinajstić information content (AvgIpc) is 3.19. The van der Waals surface area contributed by atoms with Crippen LogP contribution in [0.1, 0.15) is 19.4 Å². The van der Waals surface area contributed by atoms with Gasteiger partial charge in [-0.25, -0.2) is 9.78 Å². The number of aryl methyl sites for hydroxylation is 1. The molecule has 0 unspecified atom stereocenters. The zero-order valence-corrected chi connectivity index (χ0v) is 17.5. The second kappa shape index (κ2) is 8.77. The summed E-state index contributed by atoms with van der Waals surface area (Å²) in [7, 11) is 3.24. The van der Waals surface area contributed by atoms with Crippen LogP contribution in [0, 0.1) is 6.92 Å². The molecule has 7 heteroatoms. The molecule has 0 atom stereocenters. The predicted molar refractivity (Wildman–Crippen MR) is 112 cm³/mol. The van der Waals surface area contributed by atoms with Crippen LogP contribution in [-0.2, 0) is 0 Å². The van der Waals surface area contributed by atoms with E-state index in [0.29, 0.717) is 30.5 Å². The minimum absolute atomic E-state index is 0.207. The normalized spacial score (nSPS) is 10.7. The molecular weight excluding hydrogens is 368 g/mol. The minimum atomic E-state index is -0.207. The number of carbonyl (C=O) groups is 1. The standard InChI is InChI=1S/C22H26N4O3/c1-6-25(7-2)22(27)26-21(19-12-11-18(29-5)13-15(19)3)23-20(24-26)16-9-8-10-17(14-16)28-4/h8-14H,6-7H2,1-5H3. The molecule has 3 rings (SSSR count). The highest BCUT2D eigenvalue weighted by molar-refractivity contribution is 5.82. The molecular formula is C22H26N4O3. The van der Waals surface area contributed by atoms with E-state index in [9.17, 15) is 4.79 Å². The van der Waals surface area contributed by atoms with Gasteiger partial charge in [-0.05, 0) is 56.7 Å². The lowest BCUT2D eigenvalue weighted by Crippen LogP contribution is -2.35. The summed E-state index contributed by atoms with van der Waals surface area (Å²) in [5, 5.41) is 4.56. The van der Waals surface area contributed by atoms with Crippen molar-refractivity contribution in [3.63, 3.8) is 0 Å². The van der Waals surface area contributed by atoms with Crippen molar-refractivity contribution in [2.45, 2.75) is 20.8 Å². The van der Waals surface area contributed by atoms with Crippen molar-refractivity contribution >= 4 is 6.03 Å². The quantitative estimate of drug-likeness (QED) is 0.625. The van der Waals surface area contributed by atoms with Gasteiger partial charge in [-0.2, -0.15) is 4.68 Å². The monoisotopic (exact) mass is 394 g/mol. The van der Waals surface area contributed by atoms with Gasteiger partial charge in [0.2, 0.25) is 0 Å². The van der Waals surface area contributed by atoms with Crippen LogP contribution >= 0.6 is 0 Å². The van der Waals surface area contributed by atoms with Gasteiger partial charge in [0.05, 0.1) is 14.2 Å². The Balaban J connectivity index is 2.17. The molecule has 1 amide bonds.